The van der Waals surface area contributed by atoms with E-state index >= 15 is 0 Å². The van der Waals surface area contributed by atoms with Gasteiger partial charge in [0.1, 0.15) is 12.2 Å². The smallest absolute Gasteiger partial charge is 0.203 e. The third kappa shape index (κ3) is 4.91. The van der Waals surface area contributed by atoms with Crippen LogP contribution < -0.4 is 28.4 Å². The second kappa shape index (κ2) is 10.6. The van der Waals surface area contributed by atoms with Gasteiger partial charge in [-0.1, -0.05) is 12.2 Å². The monoisotopic (exact) mass is 418 g/mol. The molecule has 7 heteroatoms. The summed E-state index contributed by atoms with van der Waals surface area (Å²) >= 11 is 0. The molecule has 0 spiro atoms. The van der Waals surface area contributed by atoms with Crippen molar-refractivity contribution in [1.29, 1.82) is 0 Å². The number of rotatable bonds is 10. The molecule has 164 valence electrons. The molecule has 30 heavy (non-hydrogen) atoms. The molecule has 1 unspecified atom stereocenters. The summed E-state index contributed by atoms with van der Waals surface area (Å²) in [6, 6.07) is 7.07. The Labute approximate surface area is 177 Å². The first-order valence-corrected chi connectivity index (χ1v) is 9.47. The lowest BCUT2D eigenvalue weighted by molar-refractivity contribution is 0.0431. The molecular weight excluding hydrogens is 388 g/mol. The summed E-state index contributed by atoms with van der Waals surface area (Å²) in [5.41, 5.74) is 1.47. The molecule has 2 aromatic rings. The SMILES string of the molecule is C/C=C/c1cc(OC)c(O[C@@H](C)C(O)c2cc(OC)c(OC)c(OC)c2)c(OC)c1. The lowest BCUT2D eigenvalue weighted by Gasteiger charge is -2.24. The van der Waals surface area contributed by atoms with Gasteiger partial charge in [0.05, 0.1) is 35.5 Å². The van der Waals surface area contributed by atoms with E-state index < -0.39 is 12.2 Å². The maximum absolute atomic E-state index is 11.0. The van der Waals surface area contributed by atoms with Gasteiger partial charge in [0.15, 0.2) is 23.0 Å². The average molecular weight is 418 g/mol. The molecule has 2 aromatic carbocycles. The highest BCUT2D eigenvalue weighted by Gasteiger charge is 2.25. The highest BCUT2D eigenvalue weighted by Crippen LogP contribution is 2.43. The zero-order valence-corrected chi connectivity index (χ0v) is 18.5. The van der Waals surface area contributed by atoms with Crippen molar-refractivity contribution in [2.45, 2.75) is 26.1 Å². The topological polar surface area (TPSA) is 75.6 Å². The van der Waals surface area contributed by atoms with Gasteiger partial charge < -0.3 is 33.5 Å². The molecule has 0 aromatic heterocycles. The summed E-state index contributed by atoms with van der Waals surface area (Å²) < 4.78 is 33.1. The van der Waals surface area contributed by atoms with Crippen molar-refractivity contribution in [3.63, 3.8) is 0 Å². The predicted octanol–water partition coefficient (Wildman–Crippen LogP) is 4.26. The zero-order valence-electron chi connectivity index (χ0n) is 18.5. The molecule has 2 atom stereocenters. The first-order valence-electron chi connectivity index (χ1n) is 9.47. The molecule has 0 heterocycles. The average Bonchev–Trinajstić information content (AvgIpc) is 2.77. The minimum absolute atomic E-state index is 0.409. The summed E-state index contributed by atoms with van der Waals surface area (Å²) in [7, 11) is 7.69. The Morgan fingerprint density at radius 3 is 1.60 bits per heavy atom. The van der Waals surface area contributed by atoms with E-state index in [1.54, 1.807) is 33.3 Å². The van der Waals surface area contributed by atoms with E-state index in [9.17, 15) is 5.11 Å². The number of hydrogen-bond acceptors (Lipinski definition) is 7. The van der Waals surface area contributed by atoms with Crippen LogP contribution in [0.5, 0.6) is 34.5 Å². The maximum atomic E-state index is 11.0. The quantitative estimate of drug-likeness (QED) is 0.618. The molecular formula is C23H30O7. The number of aliphatic hydroxyl groups excluding tert-OH is 1. The summed E-state index contributed by atoms with van der Waals surface area (Å²) in [5, 5.41) is 11.0. The van der Waals surface area contributed by atoms with Crippen LogP contribution in [0.2, 0.25) is 0 Å². The number of ether oxygens (including phenoxy) is 6. The number of benzene rings is 2. The van der Waals surface area contributed by atoms with Crippen molar-refractivity contribution in [1.82, 2.24) is 0 Å². The Kier molecular flexibility index (Phi) is 8.24. The van der Waals surface area contributed by atoms with E-state index in [1.165, 1.54) is 21.3 Å². The lowest BCUT2D eigenvalue weighted by atomic mass is 10.0. The van der Waals surface area contributed by atoms with Crippen LogP contribution in [0.15, 0.2) is 30.3 Å². The Hall–Kier alpha value is -3.06. The number of methoxy groups -OCH3 is 5. The summed E-state index contributed by atoms with van der Waals surface area (Å²) in [6.07, 6.45) is 2.24. The molecule has 0 saturated carbocycles. The molecule has 0 saturated heterocycles. The van der Waals surface area contributed by atoms with E-state index in [2.05, 4.69) is 0 Å². The second-order valence-electron chi connectivity index (χ2n) is 6.48. The fourth-order valence-electron chi connectivity index (χ4n) is 3.10. The first kappa shape index (κ1) is 23.2. The fraction of sp³-hybridized carbons (Fsp3) is 0.391. The van der Waals surface area contributed by atoms with Crippen molar-refractivity contribution < 1.29 is 33.5 Å². The molecule has 0 aliphatic rings. The second-order valence-corrected chi connectivity index (χ2v) is 6.48. The van der Waals surface area contributed by atoms with Gasteiger partial charge in [0.2, 0.25) is 11.5 Å². The van der Waals surface area contributed by atoms with Crippen molar-refractivity contribution in [2.24, 2.45) is 0 Å². The maximum Gasteiger partial charge on any atom is 0.203 e. The van der Waals surface area contributed by atoms with Gasteiger partial charge in [0.25, 0.3) is 0 Å². The van der Waals surface area contributed by atoms with Crippen molar-refractivity contribution >= 4 is 6.08 Å². The van der Waals surface area contributed by atoms with Crippen molar-refractivity contribution in [3.8, 4) is 34.5 Å². The van der Waals surface area contributed by atoms with Crippen LogP contribution >= 0.6 is 0 Å². The van der Waals surface area contributed by atoms with Gasteiger partial charge in [-0.3, -0.25) is 0 Å². The van der Waals surface area contributed by atoms with Crippen molar-refractivity contribution in [2.75, 3.05) is 35.5 Å². The standard InChI is InChI=1S/C23H30O7/c1-8-9-15-10-17(25-3)23(18(11-15)26-4)30-14(2)21(24)16-12-19(27-5)22(29-7)20(13-16)28-6/h8-14,21,24H,1-7H3/b9-8+/t14-,21?/m0/s1. The van der Waals surface area contributed by atoms with Gasteiger partial charge in [-0.2, -0.15) is 0 Å². The summed E-state index contributed by atoms with van der Waals surface area (Å²) in [4.78, 5) is 0. The van der Waals surface area contributed by atoms with E-state index in [0.29, 0.717) is 40.1 Å². The largest absolute Gasteiger partial charge is 0.493 e. The molecule has 0 aliphatic heterocycles. The Bertz CT molecular complexity index is 826. The van der Waals surface area contributed by atoms with Crippen LogP contribution in [0.4, 0.5) is 0 Å². The first-order chi connectivity index (χ1) is 14.4. The molecule has 7 nitrogen and oxygen atoms in total. The molecule has 0 bridgehead atoms. The highest BCUT2D eigenvalue weighted by molar-refractivity contribution is 5.62. The van der Waals surface area contributed by atoms with Gasteiger partial charge >= 0.3 is 0 Å². The van der Waals surface area contributed by atoms with E-state index in [4.69, 9.17) is 28.4 Å². The third-order valence-corrected chi connectivity index (χ3v) is 4.62. The fourth-order valence-corrected chi connectivity index (χ4v) is 3.10. The summed E-state index contributed by atoms with van der Waals surface area (Å²) in [6.45, 7) is 3.69. The molecule has 0 amide bonds. The minimum atomic E-state index is -0.983. The lowest BCUT2D eigenvalue weighted by Crippen LogP contribution is -2.22. The number of allylic oxidation sites excluding steroid dienone is 1. The number of hydrogen-bond donors (Lipinski definition) is 1. The Balaban J connectivity index is 2.39. The summed E-state index contributed by atoms with van der Waals surface area (Å²) in [5.74, 6) is 2.77. The van der Waals surface area contributed by atoms with E-state index in [0.717, 1.165) is 5.56 Å². The Morgan fingerprint density at radius 1 is 0.733 bits per heavy atom. The molecule has 0 fully saturated rings. The predicted molar refractivity (Wildman–Crippen MR) is 115 cm³/mol. The molecule has 2 rings (SSSR count). The molecule has 0 aliphatic carbocycles. The third-order valence-electron chi connectivity index (χ3n) is 4.62. The number of aliphatic hydroxyl groups is 1. The molecule has 0 radical (unpaired) electrons. The van der Waals surface area contributed by atoms with Crippen LogP contribution in [0.1, 0.15) is 31.1 Å². The Morgan fingerprint density at radius 2 is 1.20 bits per heavy atom. The minimum Gasteiger partial charge on any atom is -0.493 e. The van der Waals surface area contributed by atoms with E-state index in [-0.39, 0.29) is 0 Å². The molecule has 1 N–H and O–H groups in total. The van der Waals surface area contributed by atoms with E-state index in [1.807, 2.05) is 31.2 Å². The van der Waals surface area contributed by atoms with Gasteiger partial charge in [0, 0.05) is 0 Å². The van der Waals surface area contributed by atoms with Crippen molar-refractivity contribution in [3.05, 3.63) is 41.5 Å². The van der Waals surface area contributed by atoms with Crippen LogP contribution in [0.25, 0.3) is 6.08 Å². The normalized spacial score (nSPS) is 12.9. The van der Waals surface area contributed by atoms with Crippen LogP contribution in [0, 0.1) is 0 Å². The highest BCUT2D eigenvalue weighted by atomic mass is 16.6. The van der Waals surface area contributed by atoms with Gasteiger partial charge in [-0.15, -0.1) is 0 Å². The van der Waals surface area contributed by atoms with Crippen LogP contribution in [-0.2, 0) is 0 Å². The van der Waals surface area contributed by atoms with Gasteiger partial charge in [-0.05, 0) is 49.2 Å². The van der Waals surface area contributed by atoms with Crippen LogP contribution in [0.3, 0.4) is 0 Å². The zero-order chi connectivity index (χ0) is 22.3. The van der Waals surface area contributed by atoms with Crippen LogP contribution in [-0.4, -0.2) is 46.8 Å². The van der Waals surface area contributed by atoms with Gasteiger partial charge in [-0.25, -0.2) is 0 Å².